The number of aromatic nitrogens is 2. The number of fused-ring (bicyclic) bond motifs is 23. The van der Waals surface area contributed by atoms with Crippen molar-refractivity contribution in [3.05, 3.63) is 206 Å². The van der Waals surface area contributed by atoms with Crippen LogP contribution < -0.4 is 0 Å². The summed E-state index contributed by atoms with van der Waals surface area (Å²) < 4.78 is 12.3. The van der Waals surface area contributed by atoms with Crippen LogP contribution in [0.4, 0.5) is 0 Å². The van der Waals surface area contributed by atoms with Gasteiger partial charge in [0.05, 0.1) is 22.1 Å². The Kier molecular flexibility index (Phi) is 6.41. The highest BCUT2D eigenvalue weighted by atomic mass is 16.3. The molecule has 0 atom stereocenters. The SMILES string of the molecule is c1ccc2c(c1)c1ccccc1c1cc(-n3c4ccccc4c4ccc5c6ccc7c8ccccc8n(-c8ccc9c%10ccccc%10c%10ccccc%10c9c8)c7c6oc5c43)ccc21. The molecule has 15 rings (SSSR count). The molecule has 0 spiro atoms. The highest BCUT2D eigenvalue weighted by molar-refractivity contribution is 6.29. The van der Waals surface area contributed by atoms with E-state index in [1.54, 1.807) is 0 Å². The summed E-state index contributed by atoms with van der Waals surface area (Å²) in [7, 11) is 0. The summed E-state index contributed by atoms with van der Waals surface area (Å²) in [6.07, 6.45) is 0. The molecule has 0 amide bonds. The van der Waals surface area contributed by atoms with Crippen LogP contribution in [0, 0.1) is 0 Å². The molecule has 3 heterocycles. The fourth-order valence-electron chi connectivity index (χ4n) is 11.4. The molecule has 0 aliphatic rings. The van der Waals surface area contributed by atoms with Gasteiger partial charge < -0.3 is 13.6 Å². The summed E-state index contributed by atoms with van der Waals surface area (Å²) in [4.78, 5) is 0. The van der Waals surface area contributed by atoms with E-state index < -0.39 is 0 Å². The molecule has 0 saturated carbocycles. The third-order valence-corrected chi connectivity index (χ3v) is 14.0. The van der Waals surface area contributed by atoms with E-state index in [0.717, 1.165) is 55.4 Å². The van der Waals surface area contributed by atoms with Gasteiger partial charge >= 0.3 is 0 Å². The molecule has 0 radical (unpaired) electrons. The van der Waals surface area contributed by atoms with Crippen molar-refractivity contribution in [2.45, 2.75) is 0 Å². The van der Waals surface area contributed by atoms with Crippen molar-refractivity contribution >= 4 is 130 Å². The zero-order valence-electron chi connectivity index (χ0n) is 33.9. The molecule has 0 N–H and O–H groups in total. The van der Waals surface area contributed by atoms with Crippen LogP contribution in [0.3, 0.4) is 0 Å². The summed E-state index contributed by atoms with van der Waals surface area (Å²) in [5.41, 5.74) is 8.46. The maximum atomic E-state index is 7.45. The predicted molar refractivity (Wildman–Crippen MR) is 267 cm³/mol. The van der Waals surface area contributed by atoms with Crippen LogP contribution in [-0.2, 0) is 0 Å². The van der Waals surface area contributed by atoms with Crippen molar-refractivity contribution in [2.24, 2.45) is 0 Å². The van der Waals surface area contributed by atoms with E-state index in [9.17, 15) is 0 Å². The van der Waals surface area contributed by atoms with Gasteiger partial charge in [-0.15, -0.1) is 0 Å². The minimum atomic E-state index is 0.891. The van der Waals surface area contributed by atoms with Gasteiger partial charge in [-0.25, -0.2) is 0 Å². The molecule has 0 aliphatic heterocycles. The topological polar surface area (TPSA) is 23.0 Å². The molecule has 0 bridgehead atoms. The van der Waals surface area contributed by atoms with E-state index in [4.69, 9.17) is 4.42 Å². The van der Waals surface area contributed by atoms with Crippen LogP contribution in [-0.4, -0.2) is 9.13 Å². The predicted octanol–water partition coefficient (Wildman–Crippen LogP) is 16.7. The second kappa shape index (κ2) is 12.1. The zero-order chi connectivity index (χ0) is 40.9. The summed E-state index contributed by atoms with van der Waals surface area (Å²) in [6, 6.07) is 75.9. The minimum Gasteiger partial charge on any atom is -0.452 e. The molecule has 0 unspecified atom stereocenters. The lowest BCUT2D eigenvalue weighted by Gasteiger charge is -2.14. The highest BCUT2D eigenvalue weighted by Crippen LogP contribution is 2.46. The third-order valence-electron chi connectivity index (χ3n) is 14.0. The Hall–Kier alpha value is -8.40. The number of hydrogen-bond acceptors (Lipinski definition) is 1. The van der Waals surface area contributed by atoms with Crippen LogP contribution in [0.1, 0.15) is 0 Å². The molecular weight excluding hydrogens is 765 g/mol. The van der Waals surface area contributed by atoms with Crippen molar-refractivity contribution in [3.8, 4) is 11.4 Å². The van der Waals surface area contributed by atoms with Gasteiger partial charge in [0, 0.05) is 43.7 Å². The number of nitrogens with zero attached hydrogens (tertiary/aromatic N) is 2. The van der Waals surface area contributed by atoms with E-state index in [1.807, 2.05) is 0 Å². The number of rotatable bonds is 2. The van der Waals surface area contributed by atoms with Crippen molar-refractivity contribution in [2.75, 3.05) is 0 Å². The Morgan fingerprint density at radius 2 is 0.492 bits per heavy atom. The smallest absolute Gasteiger partial charge is 0.160 e. The van der Waals surface area contributed by atoms with E-state index in [1.165, 1.54) is 86.2 Å². The molecule has 12 aromatic carbocycles. The van der Waals surface area contributed by atoms with Gasteiger partial charge in [-0.1, -0.05) is 158 Å². The minimum absolute atomic E-state index is 0.891. The summed E-state index contributed by atoms with van der Waals surface area (Å²) in [5, 5.41) is 22.1. The standard InChI is InChI=1S/C60H34N2O/c1-3-17-41-37(13-1)39-15-5-7-19-43(39)53-33-35(25-27-45(41)53)61-55-23-11-9-21-47(55)49-29-31-51-52-32-30-50-48-22-10-12-24-56(48)62(58(50)60(52)63-59(51)57(49)61)36-26-28-46-42-18-4-2-14-38(42)40-16-6-8-20-44(40)54(46)34-36/h1-34H. The van der Waals surface area contributed by atoms with E-state index in [0.29, 0.717) is 0 Å². The fraction of sp³-hybridized carbons (Fsp3) is 0. The van der Waals surface area contributed by atoms with Gasteiger partial charge in [0.15, 0.2) is 11.2 Å². The third kappa shape index (κ3) is 4.33. The van der Waals surface area contributed by atoms with Crippen LogP contribution >= 0.6 is 0 Å². The largest absolute Gasteiger partial charge is 0.452 e. The molecule has 3 heteroatoms. The molecule has 3 aromatic heterocycles. The molecule has 63 heavy (non-hydrogen) atoms. The Bertz CT molecular complexity index is 4140. The lowest BCUT2D eigenvalue weighted by Crippen LogP contribution is -1.95. The maximum Gasteiger partial charge on any atom is 0.160 e. The number of furan rings is 1. The molecule has 290 valence electrons. The highest BCUT2D eigenvalue weighted by Gasteiger charge is 2.24. The van der Waals surface area contributed by atoms with Gasteiger partial charge in [-0.3, -0.25) is 0 Å². The van der Waals surface area contributed by atoms with Crippen molar-refractivity contribution in [1.82, 2.24) is 9.13 Å². The molecule has 15 aromatic rings. The van der Waals surface area contributed by atoms with Gasteiger partial charge in [0.25, 0.3) is 0 Å². The van der Waals surface area contributed by atoms with Gasteiger partial charge in [-0.05, 0) is 113 Å². The monoisotopic (exact) mass is 798 g/mol. The zero-order valence-corrected chi connectivity index (χ0v) is 33.9. The first-order chi connectivity index (χ1) is 31.3. The van der Waals surface area contributed by atoms with Crippen LogP contribution in [0.2, 0.25) is 0 Å². The Labute approximate surface area is 359 Å². The summed E-state index contributed by atoms with van der Waals surface area (Å²) >= 11 is 0. The first-order valence-electron chi connectivity index (χ1n) is 21.8. The normalized spacial score (nSPS) is 12.4. The average molecular weight is 799 g/mol. The first kappa shape index (κ1) is 33.3. The Morgan fingerprint density at radius 3 is 0.857 bits per heavy atom. The van der Waals surface area contributed by atoms with Crippen molar-refractivity contribution in [3.63, 3.8) is 0 Å². The summed E-state index contributed by atoms with van der Waals surface area (Å²) in [5.74, 6) is 0. The molecule has 0 fully saturated rings. The van der Waals surface area contributed by atoms with Crippen LogP contribution in [0.15, 0.2) is 211 Å². The molecular formula is C60H34N2O. The van der Waals surface area contributed by atoms with Gasteiger partial charge in [0.1, 0.15) is 0 Å². The Balaban J connectivity index is 1.05. The fourth-order valence-corrected chi connectivity index (χ4v) is 11.4. The van der Waals surface area contributed by atoms with E-state index >= 15 is 0 Å². The summed E-state index contributed by atoms with van der Waals surface area (Å²) in [6.45, 7) is 0. The van der Waals surface area contributed by atoms with Gasteiger partial charge in [-0.2, -0.15) is 0 Å². The van der Waals surface area contributed by atoms with E-state index in [-0.39, 0.29) is 0 Å². The molecule has 0 aliphatic carbocycles. The maximum absolute atomic E-state index is 7.45. The lowest BCUT2D eigenvalue weighted by molar-refractivity contribution is 0.673. The quantitative estimate of drug-likeness (QED) is 0.160. The van der Waals surface area contributed by atoms with Gasteiger partial charge in [0.2, 0.25) is 0 Å². The van der Waals surface area contributed by atoms with E-state index in [2.05, 4.69) is 215 Å². The molecule has 3 nitrogen and oxygen atoms in total. The first-order valence-corrected chi connectivity index (χ1v) is 21.8. The van der Waals surface area contributed by atoms with Crippen LogP contribution in [0.5, 0.6) is 0 Å². The lowest BCUT2D eigenvalue weighted by atomic mass is 9.94. The van der Waals surface area contributed by atoms with Crippen LogP contribution in [0.25, 0.3) is 142 Å². The van der Waals surface area contributed by atoms with Crippen molar-refractivity contribution < 1.29 is 4.42 Å². The number of benzene rings is 12. The number of hydrogen-bond donors (Lipinski definition) is 0. The molecule has 0 saturated heterocycles. The second-order valence-electron chi connectivity index (χ2n) is 17.1. The average Bonchev–Trinajstić information content (AvgIpc) is 4.02. The second-order valence-corrected chi connectivity index (χ2v) is 17.1. The van der Waals surface area contributed by atoms with Crippen molar-refractivity contribution in [1.29, 1.82) is 0 Å². The Morgan fingerprint density at radius 1 is 0.222 bits per heavy atom. The number of para-hydroxylation sites is 2.